The Kier molecular flexibility index (Phi) is 4.52. The molecule has 0 saturated carbocycles. The SMILES string of the molecule is CC1CCCC(C)N1N=C(c1ccccc1)c1ccccn1. The molecule has 1 aromatic heterocycles. The highest BCUT2D eigenvalue weighted by atomic mass is 15.5. The van der Waals surface area contributed by atoms with E-state index in [4.69, 9.17) is 5.10 Å². The lowest BCUT2D eigenvalue weighted by molar-refractivity contribution is 0.109. The summed E-state index contributed by atoms with van der Waals surface area (Å²) in [6, 6.07) is 17.3. The molecule has 1 aliphatic heterocycles. The average molecular weight is 293 g/mol. The van der Waals surface area contributed by atoms with Gasteiger partial charge in [-0.1, -0.05) is 36.4 Å². The third-order valence-electron chi connectivity index (χ3n) is 4.32. The average Bonchev–Trinajstić information content (AvgIpc) is 2.56. The molecule has 1 fully saturated rings. The zero-order chi connectivity index (χ0) is 15.4. The molecule has 2 aromatic rings. The van der Waals surface area contributed by atoms with E-state index in [2.05, 4.69) is 48.1 Å². The van der Waals surface area contributed by atoms with Crippen molar-refractivity contribution in [3.05, 3.63) is 66.0 Å². The van der Waals surface area contributed by atoms with E-state index in [1.165, 1.54) is 19.3 Å². The molecule has 0 N–H and O–H groups in total. The van der Waals surface area contributed by atoms with Crippen molar-refractivity contribution in [2.24, 2.45) is 5.10 Å². The molecular weight excluding hydrogens is 270 g/mol. The van der Waals surface area contributed by atoms with Crippen molar-refractivity contribution >= 4 is 5.71 Å². The molecule has 0 amide bonds. The number of hydrazone groups is 1. The van der Waals surface area contributed by atoms with Gasteiger partial charge < -0.3 is 0 Å². The van der Waals surface area contributed by atoms with Gasteiger partial charge >= 0.3 is 0 Å². The number of hydrogen-bond acceptors (Lipinski definition) is 3. The van der Waals surface area contributed by atoms with Crippen LogP contribution in [0.15, 0.2) is 59.8 Å². The van der Waals surface area contributed by atoms with Crippen LogP contribution >= 0.6 is 0 Å². The Labute approximate surface area is 132 Å². The summed E-state index contributed by atoms with van der Waals surface area (Å²) in [6.07, 6.45) is 5.53. The molecule has 2 heterocycles. The van der Waals surface area contributed by atoms with E-state index in [0.29, 0.717) is 12.1 Å². The van der Waals surface area contributed by atoms with Crippen LogP contribution in [0.1, 0.15) is 44.4 Å². The number of rotatable bonds is 3. The molecule has 2 unspecified atom stereocenters. The Morgan fingerprint density at radius 1 is 1.00 bits per heavy atom. The van der Waals surface area contributed by atoms with Crippen LogP contribution < -0.4 is 0 Å². The summed E-state index contributed by atoms with van der Waals surface area (Å²) in [5.41, 5.74) is 3.01. The van der Waals surface area contributed by atoms with Gasteiger partial charge in [-0.25, -0.2) is 0 Å². The first-order valence-corrected chi connectivity index (χ1v) is 8.09. The number of hydrogen-bond donors (Lipinski definition) is 0. The van der Waals surface area contributed by atoms with Gasteiger partial charge in [0.25, 0.3) is 0 Å². The highest BCUT2D eigenvalue weighted by molar-refractivity contribution is 6.11. The van der Waals surface area contributed by atoms with Crippen LogP contribution in [-0.2, 0) is 0 Å². The molecule has 0 spiro atoms. The smallest absolute Gasteiger partial charge is 0.116 e. The monoisotopic (exact) mass is 293 g/mol. The molecule has 0 bridgehead atoms. The van der Waals surface area contributed by atoms with E-state index in [0.717, 1.165) is 17.0 Å². The summed E-state index contributed by atoms with van der Waals surface area (Å²) in [4.78, 5) is 4.51. The number of piperidine rings is 1. The predicted octanol–water partition coefficient (Wildman–Crippen LogP) is 4.10. The number of aromatic nitrogens is 1. The maximum absolute atomic E-state index is 5.03. The normalized spacial score (nSPS) is 22.6. The van der Waals surface area contributed by atoms with Gasteiger partial charge in [-0.05, 0) is 45.2 Å². The Morgan fingerprint density at radius 3 is 2.32 bits per heavy atom. The molecule has 3 nitrogen and oxygen atoms in total. The summed E-state index contributed by atoms with van der Waals surface area (Å²) in [7, 11) is 0. The zero-order valence-electron chi connectivity index (χ0n) is 13.3. The first-order chi connectivity index (χ1) is 10.8. The minimum absolute atomic E-state index is 0.478. The topological polar surface area (TPSA) is 28.5 Å². The number of benzene rings is 1. The molecule has 1 aliphatic rings. The maximum atomic E-state index is 5.03. The summed E-state index contributed by atoms with van der Waals surface area (Å²) < 4.78 is 0. The fraction of sp³-hybridized carbons (Fsp3) is 0.368. The van der Waals surface area contributed by atoms with Gasteiger partial charge in [0.15, 0.2) is 0 Å². The van der Waals surface area contributed by atoms with E-state index < -0.39 is 0 Å². The van der Waals surface area contributed by atoms with Crippen molar-refractivity contribution in [3.8, 4) is 0 Å². The van der Waals surface area contributed by atoms with Gasteiger partial charge in [-0.15, -0.1) is 0 Å². The maximum Gasteiger partial charge on any atom is 0.116 e. The van der Waals surface area contributed by atoms with Crippen molar-refractivity contribution in [2.75, 3.05) is 0 Å². The van der Waals surface area contributed by atoms with Crippen LogP contribution in [0.5, 0.6) is 0 Å². The minimum atomic E-state index is 0.478. The van der Waals surface area contributed by atoms with E-state index in [1.54, 1.807) is 0 Å². The van der Waals surface area contributed by atoms with Crippen LogP contribution in [0.4, 0.5) is 0 Å². The van der Waals surface area contributed by atoms with Crippen molar-refractivity contribution in [1.82, 2.24) is 9.99 Å². The van der Waals surface area contributed by atoms with Gasteiger partial charge in [0.2, 0.25) is 0 Å². The first-order valence-electron chi connectivity index (χ1n) is 8.09. The standard InChI is InChI=1S/C19H23N3/c1-15-9-8-10-16(2)22(15)21-19(17-11-4-3-5-12-17)18-13-6-7-14-20-18/h3-7,11-16H,8-10H2,1-2H3. The third-order valence-corrected chi connectivity index (χ3v) is 4.32. The second kappa shape index (κ2) is 6.73. The Balaban J connectivity index is 2.03. The Hall–Kier alpha value is -2.16. The summed E-state index contributed by atoms with van der Waals surface area (Å²) >= 11 is 0. The number of pyridine rings is 1. The lowest BCUT2D eigenvalue weighted by Gasteiger charge is -2.37. The fourth-order valence-electron chi connectivity index (χ4n) is 3.08. The second-order valence-electron chi connectivity index (χ2n) is 6.04. The largest absolute Gasteiger partial charge is 0.291 e. The molecule has 0 radical (unpaired) electrons. The van der Waals surface area contributed by atoms with Crippen LogP contribution in [0, 0.1) is 0 Å². The molecule has 114 valence electrons. The van der Waals surface area contributed by atoms with Crippen LogP contribution in [-0.4, -0.2) is 27.8 Å². The van der Waals surface area contributed by atoms with Gasteiger partial charge in [0.05, 0.1) is 5.69 Å². The van der Waals surface area contributed by atoms with Gasteiger partial charge in [0, 0.05) is 23.8 Å². The van der Waals surface area contributed by atoms with Gasteiger partial charge in [-0.2, -0.15) is 5.10 Å². The van der Waals surface area contributed by atoms with Gasteiger partial charge in [0.1, 0.15) is 5.71 Å². The Morgan fingerprint density at radius 2 is 1.68 bits per heavy atom. The van der Waals surface area contributed by atoms with Gasteiger partial charge in [-0.3, -0.25) is 9.99 Å². The van der Waals surface area contributed by atoms with E-state index in [1.807, 2.05) is 30.5 Å². The highest BCUT2D eigenvalue weighted by Gasteiger charge is 2.24. The van der Waals surface area contributed by atoms with Crippen LogP contribution in [0.25, 0.3) is 0 Å². The molecular formula is C19H23N3. The minimum Gasteiger partial charge on any atom is -0.291 e. The molecule has 0 aliphatic carbocycles. The van der Waals surface area contributed by atoms with Crippen molar-refractivity contribution in [2.45, 2.75) is 45.2 Å². The first kappa shape index (κ1) is 14.8. The second-order valence-corrected chi connectivity index (χ2v) is 6.04. The Bertz CT molecular complexity index is 570. The zero-order valence-corrected chi connectivity index (χ0v) is 13.3. The summed E-state index contributed by atoms with van der Waals surface area (Å²) in [6.45, 7) is 4.53. The molecule has 3 heteroatoms. The van der Waals surface area contributed by atoms with Crippen molar-refractivity contribution in [3.63, 3.8) is 0 Å². The highest BCUT2D eigenvalue weighted by Crippen LogP contribution is 2.24. The summed E-state index contributed by atoms with van der Waals surface area (Å²) in [5.74, 6) is 0. The van der Waals surface area contributed by atoms with Crippen molar-refractivity contribution < 1.29 is 0 Å². The molecule has 1 aromatic carbocycles. The molecule has 1 saturated heterocycles. The number of nitrogens with zero attached hydrogens (tertiary/aromatic N) is 3. The van der Waals surface area contributed by atoms with Crippen molar-refractivity contribution in [1.29, 1.82) is 0 Å². The quantitative estimate of drug-likeness (QED) is 0.797. The van der Waals surface area contributed by atoms with E-state index in [9.17, 15) is 0 Å². The lowest BCUT2D eigenvalue weighted by atomic mass is 10.00. The van der Waals surface area contributed by atoms with Crippen LogP contribution in [0.3, 0.4) is 0 Å². The fourth-order valence-corrected chi connectivity index (χ4v) is 3.08. The lowest BCUT2D eigenvalue weighted by Crippen LogP contribution is -2.40. The third kappa shape index (κ3) is 3.19. The van der Waals surface area contributed by atoms with E-state index in [-0.39, 0.29) is 0 Å². The van der Waals surface area contributed by atoms with E-state index >= 15 is 0 Å². The molecule has 3 rings (SSSR count). The summed E-state index contributed by atoms with van der Waals surface area (Å²) in [5, 5.41) is 7.29. The molecule has 22 heavy (non-hydrogen) atoms. The van der Waals surface area contributed by atoms with Crippen LogP contribution in [0.2, 0.25) is 0 Å². The predicted molar refractivity (Wildman–Crippen MR) is 90.9 cm³/mol. The molecule has 2 atom stereocenters.